The second-order valence-corrected chi connectivity index (χ2v) is 2.36. The van der Waals surface area contributed by atoms with Crippen molar-refractivity contribution in [2.75, 3.05) is 13.6 Å². The summed E-state index contributed by atoms with van der Waals surface area (Å²) in [5.41, 5.74) is 0. The first-order valence-electron chi connectivity index (χ1n) is 3.41. The van der Waals surface area contributed by atoms with Crippen LogP contribution in [0.1, 0.15) is 12.8 Å². The maximum atomic E-state index is 2.24. The van der Waals surface area contributed by atoms with Gasteiger partial charge in [-0.25, -0.2) is 0 Å². The molecule has 50 valence electrons. The maximum Gasteiger partial charge on any atom is 0.0203 e. The lowest BCUT2D eigenvalue weighted by molar-refractivity contribution is 0.461. The van der Waals surface area contributed by atoms with Crippen LogP contribution in [0.25, 0.3) is 0 Å². The molecular weight excluding hydrogens is 110 g/mol. The van der Waals surface area contributed by atoms with Gasteiger partial charge in [0.1, 0.15) is 0 Å². The zero-order valence-electron chi connectivity index (χ0n) is 5.88. The van der Waals surface area contributed by atoms with E-state index in [1.807, 2.05) is 0 Å². The van der Waals surface area contributed by atoms with E-state index in [1.54, 1.807) is 0 Å². The maximum absolute atomic E-state index is 2.24. The first kappa shape index (κ1) is 6.40. The van der Waals surface area contributed by atoms with E-state index >= 15 is 0 Å². The molecule has 1 aliphatic heterocycles. The molecule has 0 N–H and O–H groups in total. The Kier molecular flexibility index (Phi) is 2.37. The van der Waals surface area contributed by atoms with Gasteiger partial charge in [-0.05, 0) is 19.0 Å². The summed E-state index contributed by atoms with van der Waals surface area (Å²) in [6, 6.07) is 0. The van der Waals surface area contributed by atoms with Crippen molar-refractivity contribution in [2.24, 2.45) is 0 Å². The van der Waals surface area contributed by atoms with Crippen LogP contribution in [0, 0.1) is 0 Å². The van der Waals surface area contributed by atoms with E-state index in [2.05, 4.69) is 36.4 Å². The lowest BCUT2D eigenvalue weighted by Gasteiger charge is -2.12. The fraction of sp³-hybridized carbons (Fsp3) is 0.500. The van der Waals surface area contributed by atoms with E-state index in [4.69, 9.17) is 0 Å². The summed E-state index contributed by atoms with van der Waals surface area (Å²) in [6.45, 7) is 1.15. The second kappa shape index (κ2) is 3.33. The van der Waals surface area contributed by atoms with Crippen LogP contribution in [-0.2, 0) is 0 Å². The standard InChI is InChI=1S/C8H13N/c1-9-7-5-3-2-4-6-8-9/h2-3,6,8H,4-5,7H2,1H3/b3-2-,8-6-. The van der Waals surface area contributed by atoms with Gasteiger partial charge in [-0.15, -0.1) is 0 Å². The highest BCUT2D eigenvalue weighted by molar-refractivity contribution is 4.95. The Morgan fingerprint density at radius 2 is 2.11 bits per heavy atom. The Labute approximate surface area is 56.7 Å². The summed E-state index contributed by atoms with van der Waals surface area (Å²) >= 11 is 0. The molecule has 0 aromatic rings. The average Bonchev–Trinajstić information content (AvgIpc) is 1.79. The van der Waals surface area contributed by atoms with Crippen LogP contribution in [0.4, 0.5) is 0 Å². The van der Waals surface area contributed by atoms with Crippen molar-refractivity contribution in [3.05, 3.63) is 24.4 Å². The number of allylic oxidation sites excluding steroid dienone is 2. The van der Waals surface area contributed by atoms with Crippen LogP contribution < -0.4 is 0 Å². The van der Waals surface area contributed by atoms with Gasteiger partial charge >= 0.3 is 0 Å². The zero-order valence-corrected chi connectivity index (χ0v) is 5.88. The van der Waals surface area contributed by atoms with Crippen molar-refractivity contribution in [1.29, 1.82) is 0 Å². The highest BCUT2D eigenvalue weighted by Gasteiger charge is 1.89. The molecule has 0 amide bonds. The first-order chi connectivity index (χ1) is 4.39. The van der Waals surface area contributed by atoms with E-state index in [-0.39, 0.29) is 0 Å². The molecule has 0 aliphatic carbocycles. The number of nitrogens with zero attached hydrogens (tertiary/aromatic N) is 1. The third-order valence-electron chi connectivity index (χ3n) is 1.45. The minimum absolute atomic E-state index is 1.09. The SMILES string of the molecule is CN1/C=C\C/C=C\CC1. The molecule has 0 aromatic carbocycles. The van der Waals surface area contributed by atoms with Crippen LogP contribution >= 0.6 is 0 Å². The summed E-state index contributed by atoms with van der Waals surface area (Å²) in [4.78, 5) is 2.21. The lowest BCUT2D eigenvalue weighted by Crippen LogP contribution is -2.11. The minimum Gasteiger partial charge on any atom is -0.380 e. The Bertz CT molecular complexity index is 125. The van der Waals surface area contributed by atoms with Gasteiger partial charge in [-0.3, -0.25) is 0 Å². The monoisotopic (exact) mass is 123 g/mol. The van der Waals surface area contributed by atoms with E-state index in [1.165, 1.54) is 6.42 Å². The van der Waals surface area contributed by atoms with Gasteiger partial charge in [0.2, 0.25) is 0 Å². The van der Waals surface area contributed by atoms with Gasteiger partial charge in [0.25, 0.3) is 0 Å². The highest BCUT2D eigenvalue weighted by atomic mass is 15.1. The molecule has 0 bridgehead atoms. The Morgan fingerprint density at radius 1 is 1.22 bits per heavy atom. The smallest absolute Gasteiger partial charge is 0.0203 e. The number of hydrogen-bond donors (Lipinski definition) is 0. The molecule has 0 atom stereocenters. The van der Waals surface area contributed by atoms with E-state index in [9.17, 15) is 0 Å². The molecular formula is C8H13N. The molecule has 1 nitrogen and oxygen atoms in total. The molecule has 0 unspecified atom stereocenters. The summed E-state index contributed by atoms with van der Waals surface area (Å²) < 4.78 is 0. The molecule has 1 heterocycles. The topological polar surface area (TPSA) is 3.24 Å². The van der Waals surface area contributed by atoms with E-state index in [0.717, 1.165) is 13.0 Å². The molecule has 0 radical (unpaired) electrons. The molecule has 0 saturated carbocycles. The summed E-state index contributed by atoms with van der Waals surface area (Å²) in [7, 11) is 2.11. The normalized spacial score (nSPS) is 26.6. The zero-order chi connectivity index (χ0) is 6.53. The van der Waals surface area contributed by atoms with Crippen molar-refractivity contribution in [3.63, 3.8) is 0 Å². The molecule has 1 aliphatic rings. The predicted molar refractivity (Wildman–Crippen MR) is 40.1 cm³/mol. The third-order valence-corrected chi connectivity index (χ3v) is 1.45. The van der Waals surface area contributed by atoms with Crippen LogP contribution in [-0.4, -0.2) is 18.5 Å². The molecule has 9 heavy (non-hydrogen) atoms. The second-order valence-electron chi connectivity index (χ2n) is 2.36. The molecule has 0 spiro atoms. The summed E-state index contributed by atoms with van der Waals surface area (Å²) in [5.74, 6) is 0. The van der Waals surface area contributed by atoms with Crippen molar-refractivity contribution >= 4 is 0 Å². The molecule has 1 rings (SSSR count). The Morgan fingerprint density at radius 3 is 3.00 bits per heavy atom. The Hall–Kier alpha value is -0.720. The fourth-order valence-electron chi connectivity index (χ4n) is 0.886. The fourth-order valence-corrected chi connectivity index (χ4v) is 0.886. The van der Waals surface area contributed by atoms with Gasteiger partial charge < -0.3 is 4.90 Å². The van der Waals surface area contributed by atoms with Gasteiger partial charge in [-0.1, -0.05) is 18.2 Å². The largest absolute Gasteiger partial charge is 0.380 e. The van der Waals surface area contributed by atoms with E-state index in [0.29, 0.717) is 0 Å². The first-order valence-corrected chi connectivity index (χ1v) is 3.41. The van der Waals surface area contributed by atoms with Crippen molar-refractivity contribution in [2.45, 2.75) is 12.8 Å². The minimum atomic E-state index is 1.09. The van der Waals surface area contributed by atoms with Gasteiger partial charge in [0, 0.05) is 13.6 Å². The summed E-state index contributed by atoms with van der Waals surface area (Å²) in [5, 5.41) is 0. The molecule has 0 aromatic heterocycles. The number of hydrogen-bond acceptors (Lipinski definition) is 1. The molecule has 0 saturated heterocycles. The van der Waals surface area contributed by atoms with Gasteiger partial charge in [0.15, 0.2) is 0 Å². The average molecular weight is 123 g/mol. The van der Waals surface area contributed by atoms with Crippen LogP contribution in [0.5, 0.6) is 0 Å². The quantitative estimate of drug-likeness (QED) is 0.444. The van der Waals surface area contributed by atoms with Crippen LogP contribution in [0.3, 0.4) is 0 Å². The van der Waals surface area contributed by atoms with Crippen molar-refractivity contribution in [3.8, 4) is 0 Å². The Balaban J connectivity index is 2.40. The number of rotatable bonds is 0. The third kappa shape index (κ3) is 2.36. The lowest BCUT2D eigenvalue weighted by atomic mass is 10.3. The highest BCUT2D eigenvalue weighted by Crippen LogP contribution is 1.97. The van der Waals surface area contributed by atoms with Gasteiger partial charge in [0.05, 0.1) is 0 Å². The van der Waals surface area contributed by atoms with Crippen LogP contribution in [0.2, 0.25) is 0 Å². The van der Waals surface area contributed by atoms with E-state index < -0.39 is 0 Å². The van der Waals surface area contributed by atoms with Crippen molar-refractivity contribution < 1.29 is 0 Å². The summed E-state index contributed by atoms with van der Waals surface area (Å²) in [6.07, 6.45) is 11.0. The van der Waals surface area contributed by atoms with Gasteiger partial charge in [-0.2, -0.15) is 0 Å². The predicted octanol–water partition coefficient (Wildman–Crippen LogP) is 1.78. The van der Waals surface area contributed by atoms with Crippen molar-refractivity contribution in [1.82, 2.24) is 4.90 Å². The molecule has 0 fully saturated rings. The molecule has 1 heteroatoms. The van der Waals surface area contributed by atoms with Crippen LogP contribution in [0.15, 0.2) is 24.4 Å².